The van der Waals surface area contributed by atoms with Gasteiger partial charge in [-0.25, -0.2) is 0 Å². The third-order valence-corrected chi connectivity index (χ3v) is 3.25. The average Bonchev–Trinajstić information content (AvgIpc) is 2.67. The zero-order valence-corrected chi connectivity index (χ0v) is 12.7. The summed E-state index contributed by atoms with van der Waals surface area (Å²) in [7, 11) is 3.67. The summed E-state index contributed by atoms with van der Waals surface area (Å²) in [5.41, 5.74) is 3.80. The zero-order valence-electron chi connectivity index (χ0n) is 12.7. The molecule has 1 heterocycles. The predicted molar refractivity (Wildman–Crippen MR) is 76.6 cm³/mol. The van der Waals surface area contributed by atoms with Crippen molar-refractivity contribution in [3.05, 3.63) is 17.0 Å². The number of aromatic nitrogens is 2. The Kier molecular flexibility index (Phi) is 7.70. The summed E-state index contributed by atoms with van der Waals surface area (Å²) in [6.07, 6.45) is 2.02. The molecule has 1 rings (SSSR count). The van der Waals surface area contributed by atoms with Crippen LogP contribution in [0.15, 0.2) is 0 Å². The lowest BCUT2D eigenvalue weighted by molar-refractivity contribution is 0.0676. The number of hydrogen-bond acceptors (Lipinski definition) is 4. The molecule has 0 aliphatic rings. The Balaban J connectivity index is 2.37. The van der Waals surface area contributed by atoms with E-state index in [1.807, 2.05) is 7.05 Å². The summed E-state index contributed by atoms with van der Waals surface area (Å²) in [4.78, 5) is 0. The molecule has 0 fully saturated rings. The van der Waals surface area contributed by atoms with Crippen molar-refractivity contribution in [2.75, 3.05) is 40.5 Å². The van der Waals surface area contributed by atoms with Gasteiger partial charge in [0.2, 0.25) is 0 Å². The highest BCUT2D eigenvalue weighted by Gasteiger charge is 2.10. The molecule has 0 aliphatic carbocycles. The molecule has 0 saturated heterocycles. The Morgan fingerprint density at radius 1 is 1.21 bits per heavy atom. The van der Waals surface area contributed by atoms with Crippen LogP contribution in [-0.2, 0) is 22.4 Å². The van der Waals surface area contributed by atoms with Crippen molar-refractivity contribution in [3.8, 4) is 0 Å². The predicted octanol–water partition coefficient (Wildman–Crippen LogP) is 1.31. The molecule has 19 heavy (non-hydrogen) atoms. The number of likely N-dealkylation sites (N-methyl/N-ethyl adjacent to an activating group) is 1. The van der Waals surface area contributed by atoms with E-state index in [1.54, 1.807) is 7.11 Å². The lowest BCUT2D eigenvalue weighted by Gasteiger charge is -2.06. The molecule has 0 aliphatic heterocycles. The summed E-state index contributed by atoms with van der Waals surface area (Å²) >= 11 is 0. The zero-order chi connectivity index (χ0) is 14.1. The second-order valence-corrected chi connectivity index (χ2v) is 4.68. The molecule has 0 radical (unpaired) electrons. The van der Waals surface area contributed by atoms with Gasteiger partial charge in [0.1, 0.15) is 0 Å². The van der Waals surface area contributed by atoms with Gasteiger partial charge in [-0.2, -0.15) is 5.10 Å². The third kappa shape index (κ3) is 5.30. The molecule has 1 N–H and O–H groups in total. The first kappa shape index (κ1) is 16.1. The van der Waals surface area contributed by atoms with Crippen LogP contribution in [0.3, 0.4) is 0 Å². The Labute approximate surface area is 116 Å². The molecule has 0 spiro atoms. The summed E-state index contributed by atoms with van der Waals surface area (Å²) in [5.74, 6) is 0. The van der Waals surface area contributed by atoms with Crippen molar-refractivity contribution >= 4 is 0 Å². The van der Waals surface area contributed by atoms with E-state index in [9.17, 15) is 0 Å². The van der Waals surface area contributed by atoms with E-state index in [0.717, 1.165) is 38.2 Å². The van der Waals surface area contributed by atoms with Crippen LogP contribution in [0.5, 0.6) is 0 Å². The van der Waals surface area contributed by atoms with Crippen molar-refractivity contribution in [1.82, 2.24) is 15.1 Å². The maximum atomic E-state index is 5.46. The van der Waals surface area contributed by atoms with Crippen molar-refractivity contribution < 1.29 is 9.47 Å². The van der Waals surface area contributed by atoms with Gasteiger partial charge in [0.05, 0.1) is 18.9 Å². The average molecular weight is 269 g/mol. The van der Waals surface area contributed by atoms with E-state index in [1.165, 1.54) is 11.3 Å². The van der Waals surface area contributed by atoms with E-state index in [4.69, 9.17) is 9.47 Å². The maximum absolute atomic E-state index is 5.46. The Hall–Kier alpha value is -0.910. The normalized spacial score (nSPS) is 11.2. The number of nitrogens with zero attached hydrogens (tertiary/aromatic N) is 2. The van der Waals surface area contributed by atoms with E-state index in [0.29, 0.717) is 13.2 Å². The highest BCUT2D eigenvalue weighted by atomic mass is 16.5. The molecule has 5 heteroatoms. The molecule has 0 bridgehead atoms. The Morgan fingerprint density at radius 3 is 2.68 bits per heavy atom. The van der Waals surface area contributed by atoms with Crippen LogP contribution in [0.1, 0.15) is 23.4 Å². The highest BCUT2D eigenvalue weighted by Crippen LogP contribution is 2.13. The molecule has 0 aromatic carbocycles. The largest absolute Gasteiger partial charge is 0.382 e. The van der Waals surface area contributed by atoms with Crippen LogP contribution in [0.2, 0.25) is 0 Å². The van der Waals surface area contributed by atoms with Gasteiger partial charge < -0.3 is 14.8 Å². The van der Waals surface area contributed by atoms with Crippen LogP contribution in [0.4, 0.5) is 0 Å². The van der Waals surface area contributed by atoms with Gasteiger partial charge in [-0.1, -0.05) is 0 Å². The molecular weight excluding hydrogens is 242 g/mol. The molecule has 1 aromatic heterocycles. The van der Waals surface area contributed by atoms with E-state index in [-0.39, 0.29) is 0 Å². The maximum Gasteiger partial charge on any atom is 0.0700 e. The monoisotopic (exact) mass is 269 g/mol. The first-order valence-electron chi connectivity index (χ1n) is 6.94. The molecular formula is C14H27N3O2. The number of nitrogens with one attached hydrogen (secondary N) is 1. The Morgan fingerprint density at radius 2 is 2.00 bits per heavy atom. The number of hydrogen-bond donors (Lipinski definition) is 1. The fraction of sp³-hybridized carbons (Fsp3) is 0.786. The fourth-order valence-corrected chi connectivity index (χ4v) is 2.12. The van der Waals surface area contributed by atoms with Gasteiger partial charge >= 0.3 is 0 Å². The van der Waals surface area contributed by atoms with Crippen molar-refractivity contribution in [1.29, 1.82) is 0 Å². The lowest BCUT2D eigenvalue weighted by Crippen LogP contribution is -2.12. The van der Waals surface area contributed by atoms with Gasteiger partial charge in [0.15, 0.2) is 0 Å². The smallest absolute Gasteiger partial charge is 0.0700 e. The van der Waals surface area contributed by atoms with Gasteiger partial charge in [0, 0.05) is 26.0 Å². The molecule has 1 aromatic rings. The number of ether oxygens (including phenoxy) is 2. The van der Waals surface area contributed by atoms with Gasteiger partial charge in [-0.05, 0) is 45.8 Å². The van der Waals surface area contributed by atoms with Crippen LogP contribution in [0.25, 0.3) is 0 Å². The van der Waals surface area contributed by atoms with E-state index in [2.05, 4.69) is 28.9 Å². The van der Waals surface area contributed by atoms with Crippen LogP contribution in [-0.4, -0.2) is 50.3 Å². The number of aryl methyl sites for hydroxylation is 2. The first-order valence-corrected chi connectivity index (χ1v) is 6.94. The minimum atomic E-state index is 0.661. The highest BCUT2D eigenvalue weighted by molar-refractivity contribution is 5.24. The molecule has 5 nitrogen and oxygen atoms in total. The molecule has 0 amide bonds. The molecule has 0 saturated carbocycles. The van der Waals surface area contributed by atoms with Crippen molar-refractivity contribution in [3.63, 3.8) is 0 Å². The SMILES string of the molecule is CNCCc1c(C)nn(CCCOCCOC)c1C. The minimum Gasteiger partial charge on any atom is -0.382 e. The van der Waals surface area contributed by atoms with Crippen LogP contribution >= 0.6 is 0 Å². The topological polar surface area (TPSA) is 48.3 Å². The standard InChI is InChI=1S/C14H27N3O2/c1-12-14(6-7-15-3)13(2)17(16-12)8-5-9-19-11-10-18-4/h15H,5-11H2,1-4H3. The van der Waals surface area contributed by atoms with Crippen LogP contribution in [0, 0.1) is 13.8 Å². The second-order valence-electron chi connectivity index (χ2n) is 4.68. The Bertz CT molecular complexity index is 364. The quantitative estimate of drug-likeness (QED) is 0.651. The number of rotatable bonds is 10. The summed E-state index contributed by atoms with van der Waals surface area (Å²) in [6, 6.07) is 0. The fourth-order valence-electron chi connectivity index (χ4n) is 2.12. The summed E-state index contributed by atoms with van der Waals surface area (Å²) in [5, 5.41) is 7.79. The molecule has 0 atom stereocenters. The van der Waals surface area contributed by atoms with Gasteiger partial charge in [0.25, 0.3) is 0 Å². The second kappa shape index (κ2) is 9.07. The summed E-state index contributed by atoms with van der Waals surface area (Å²) in [6.45, 7) is 8.23. The van der Waals surface area contributed by atoms with E-state index < -0.39 is 0 Å². The third-order valence-electron chi connectivity index (χ3n) is 3.25. The van der Waals surface area contributed by atoms with Gasteiger partial charge in [-0.3, -0.25) is 4.68 Å². The van der Waals surface area contributed by atoms with Crippen LogP contribution < -0.4 is 5.32 Å². The minimum absolute atomic E-state index is 0.661. The van der Waals surface area contributed by atoms with E-state index >= 15 is 0 Å². The summed E-state index contributed by atoms with van der Waals surface area (Å²) < 4.78 is 12.5. The number of methoxy groups -OCH3 is 1. The lowest BCUT2D eigenvalue weighted by atomic mass is 10.1. The molecule has 110 valence electrons. The van der Waals surface area contributed by atoms with Gasteiger partial charge in [-0.15, -0.1) is 0 Å². The van der Waals surface area contributed by atoms with Crippen molar-refractivity contribution in [2.24, 2.45) is 0 Å². The molecule has 0 unspecified atom stereocenters. The van der Waals surface area contributed by atoms with Crippen molar-refractivity contribution in [2.45, 2.75) is 33.2 Å². The first-order chi connectivity index (χ1) is 9.20.